The largest absolute Gasteiger partial charge is 0.465 e. The van der Waals surface area contributed by atoms with Gasteiger partial charge in [0.15, 0.2) is 5.78 Å². The predicted octanol–water partition coefficient (Wildman–Crippen LogP) is 2.59. The Labute approximate surface area is 135 Å². The summed E-state index contributed by atoms with van der Waals surface area (Å²) in [6, 6.07) is 9.33. The lowest BCUT2D eigenvalue weighted by molar-refractivity contribution is -0.150. The van der Waals surface area contributed by atoms with Gasteiger partial charge in [-0.25, -0.2) is 0 Å². The van der Waals surface area contributed by atoms with Crippen molar-refractivity contribution in [1.82, 2.24) is 0 Å². The fourth-order valence-corrected chi connectivity index (χ4v) is 2.51. The molecule has 1 unspecified atom stereocenters. The third-order valence-corrected chi connectivity index (χ3v) is 3.60. The minimum absolute atomic E-state index is 0.0674. The van der Waals surface area contributed by atoms with E-state index in [2.05, 4.69) is 0 Å². The maximum absolute atomic E-state index is 12.0. The second-order valence-electron chi connectivity index (χ2n) is 5.29. The number of ether oxygens (including phenoxy) is 2. The lowest BCUT2D eigenvalue weighted by Crippen LogP contribution is -2.31. The molecular weight excluding hydrogens is 296 g/mol. The van der Waals surface area contributed by atoms with Gasteiger partial charge >= 0.3 is 11.9 Å². The molecule has 0 bridgehead atoms. The monoisotopic (exact) mass is 316 g/mol. The van der Waals surface area contributed by atoms with Crippen molar-refractivity contribution < 1.29 is 23.9 Å². The molecule has 0 saturated heterocycles. The quantitative estimate of drug-likeness (QED) is 0.458. The molecule has 23 heavy (non-hydrogen) atoms. The average molecular weight is 316 g/mol. The summed E-state index contributed by atoms with van der Waals surface area (Å²) in [4.78, 5) is 35.9. The molecule has 1 atom stereocenters. The van der Waals surface area contributed by atoms with Gasteiger partial charge in [0.1, 0.15) is 12.5 Å². The van der Waals surface area contributed by atoms with E-state index in [-0.39, 0.29) is 25.4 Å². The Bertz CT molecular complexity index is 603. The normalized spacial score (nSPS) is 17.3. The molecule has 0 fully saturated rings. The molecule has 0 saturated carbocycles. The zero-order valence-electron chi connectivity index (χ0n) is 13.1. The molecular formula is C18H20O5. The first-order valence-corrected chi connectivity index (χ1v) is 7.69. The van der Waals surface area contributed by atoms with Crippen LogP contribution in [0.25, 0.3) is 0 Å². The van der Waals surface area contributed by atoms with Crippen molar-refractivity contribution in [2.45, 2.75) is 32.8 Å². The lowest BCUT2D eigenvalue weighted by atomic mass is 9.85. The minimum atomic E-state index is -0.965. The Kier molecular flexibility index (Phi) is 6.09. The summed E-state index contributed by atoms with van der Waals surface area (Å²) in [5.41, 5.74) is 1.37. The minimum Gasteiger partial charge on any atom is -0.465 e. The number of Topliss-reactive ketones (excluding diaryl/α,β-unsaturated/α-hetero) is 1. The van der Waals surface area contributed by atoms with Gasteiger partial charge in [0.2, 0.25) is 0 Å². The molecule has 0 aromatic heterocycles. The summed E-state index contributed by atoms with van der Waals surface area (Å²) in [7, 11) is 0. The van der Waals surface area contributed by atoms with Gasteiger partial charge in [-0.2, -0.15) is 0 Å². The first-order chi connectivity index (χ1) is 11.1. The SMILES string of the molecule is CCOC(=O)C1C(=O)CCC=C1CC(=O)OCc1ccccc1. The molecule has 1 aromatic rings. The fourth-order valence-electron chi connectivity index (χ4n) is 2.51. The van der Waals surface area contributed by atoms with E-state index >= 15 is 0 Å². The second kappa shape index (κ2) is 8.27. The number of benzene rings is 1. The highest BCUT2D eigenvalue weighted by atomic mass is 16.5. The smallest absolute Gasteiger partial charge is 0.320 e. The van der Waals surface area contributed by atoms with Crippen LogP contribution in [0.2, 0.25) is 0 Å². The van der Waals surface area contributed by atoms with Crippen molar-refractivity contribution in [3.8, 4) is 0 Å². The van der Waals surface area contributed by atoms with Crippen LogP contribution in [0.1, 0.15) is 31.7 Å². The van der Waals surface area contributed by atoms with E-state index in [1.54, 1.807) is 13.0 Å². The zero-order chi connectivity index (χ0) is 16.7. The first-order valence-electron chi connectivity index (χ1n) is 7.69. The zero-order valence-corrected chi connectivity index (χ0v) is 13.1. The summed E-state index contributed by atoms with van der Waals surface area (Å²) >= 11 is 0. The lowest BCUT2D eigenvalue weighted by Gasteiger charge is -2.21. The third-order valence-electron chi connectivity index (χ3n) is 3.60. The van der Waals surface area contributed by atoms with Gasteiger partial charge < -0.3 is 9.47 Å². The molecule has 5 nitrogen and oxygen atoms in total. The van der Waals surface area contributed by atoms with Crippen LogP contribution in [-0.2, 0) is 30.5 Å². The molecule has 0 amide bonds. The number of hydrogen-bond acceptors (Lipinski definition) is 5. The first kappa shape index (κ1) is 16.9. The van der Waals surface area contributed by atoms with Crippen LogP contribution in [0.4, 0.5) is 0 Å². The summed E-state index contributed by atoms with van der Waals surface area (Å²) < 4.78 is 10.2. The van der Waals surface area contributed by atoms with Crippen molar-refractivity contribution >= 4 is 17.7 Å². The topological polar surface area (TPSA) is 69.7 Å². The molecule has 0 aliphatic heterocycles. The molecule has 0 N–H and O–H groups in total. The number of carbonyl (C=O) groups excluding carboxylic acids is 3. The Morgan fingerprint density at radius 3 is 2.61 bits per heavy atom. The van der Waals surface area contributed by atoms with Gasteiger partial charge in [-0.05, 0) is 24.5 Å². The standard InChI is InChI=1S/C18H20O5/c1-2-22-18(21)17-14(9-6-10-15(17)19)11-16(20)23-12-13-7-4-3-5-8-13/h3-5,7-9,17H,2,6,10-12H2,1H3. The van der Waals surface area contributed by atoms with E-state index in [4.69, 9.17) is 9.47 Å². The van der Waals surface area contributed by atoms with Gasteiger partial charge in [-0.1, -0.05) is 36.4 Å². The highest BCUT2D eigenvalue weighted by molar-refractivity contribution is 6.03. The van der Waals surface area contributed by atoms with Crippen molar-refractivity contribution in [2.75, 3.05) is 6.61 Å². The van der Waals surface area contributed by atoms with E-state index in [1.807, 2.05) is 30.3 Å². The van der Waals surface area contributed by atoms with Crippen LogP contribution >= 0.6 is 0 Å². The Balaban J connectivity index is 1.96. The fraction of sp³-hybridized carbons (Fsp3) is 0.389. The summed E-state index contributed by atoms with van der Waals surface area (Å²) in [6.07, 6.45) is 2.54. The summed E-state index contributed by atoms with van der Waals surface area (Å²) in [6.45, 7) is 2.06. The molecule has 2 rings (SSSR count). The van der Waals surface area contributed by atoms with E-state index in [0.717, 1.165) is 5.56 Å². The number of hydrogen-bond donors (Lipinski definition) is 0. The van der Waals surface area contributed by atoms with E-state index < -0.39 is 17.9 Å². The van der Waals surface area contributed by atoms with Crippen molar-refractivity contribution in [1.29, 1.82) is 0 Å². The van der Waals surface area contributed by atoms with Gasteiger partial charge in [0, 0.05) is 6.42 Å². The molecule has 1 aromatic carbocycles. The van der Waals surface area contributed by atoms with Gasteiger partial charge in [-0.3, -0.25) is 14.4 Å². The van der Waals surface area contributed by atoms with Crippen LogP contribution in [0.3, 0.4) is 0 Å². The van der Waals surface area contributed by atoms with Crippen LogP contribution in [0, 0.1) is 5.92 Å². The number of rotatable bonds is 6. The maximum Gasteiger partial charge on any atom is 0.320 e. The number of carbonyl (C=O) groups is 3. The van der Waals surface area contributed by atoms with Gasteiger partial charge in [0.05, 0.1) is 13.0 Å². The van der Waals surface area contributed by atoms with Crippen molar-refractivity contribution in [3.05, 3.63) is 47.5 Å². The molecule has 122 valence electrons. The van der Waals surface area contributed by atoms with Crippen LogP contribution in [0.15, 0.2) is 42.0 Å². The third kappa shape index (κ3) is 4.77. The Morgan fingerprint density at radius 2 is 1.91 bits per heavy atom. The molecule has 1 aliphatic rings. The predicted molar refractivity (Wildman–Crippen MR) is 83.3 cm³/mol. The van der Waals surface area contributed by atoms with Crippen molar-refractivity contribution in [3.63, 3.8) is 0 Å². The maximum atomic E-state index is 12.0. The summed E-state index contributed by atoms with van der Waals surface area (Å²) in [5.74, 6) is -2.20. The summed E-state index contributed by atoms with van der Waals surface area (Å²) in [5, 5.41) is 0. The average Bonchev–Trinajstić information content (AvgIpc) is 2.54. The highest BCUT2D eigenvalue weighted by Crippen LogP contribution is 2.26. The molecule has 0 radical (unpaired) electrons. The van der Waals surface area contributed by atoms with Crippen LogP contribution < -0.4 is 0 Å². The Morgan fingerprint density at radius 1 is 1.17 bits per heavy atom. The molecule has 1 aliphatic carbocycles. The van der Waals surface area contributed by atoms with E-state index in [9.17, 15) is 14.4 Å². The second-order valence-corrected chi connectivity index (χ2v) is 5.29. The van der Waals surface area contributed by atoms with E-state index in [0.29, 0.717) is 18.4 Å². The molecule has 0 heterocycles. The van der Waals surface area contributed by atoms with Crippen LogP contribution in [-0.4, -0.2) is 24.3 Å². The van der Waals surface area contributed by atoms with Gasteiger partial charge in [-0.15, -0.1) is 0 Å². The van der Waals surface area contributed by atoms with Crippen molar-refractivity contribution in [2.24, 2.45) is 5.92 Å². The van der Waals surface area contributed by atoms with E-state index in [1.165, 1.54) is 0 Å². The molecule has 5 heteroatoms. The highest BCUT2D eigenvalue weighted by Gasteiger charge is 2.34. The Hall–Kier alpha value is -2.43. The molecule has 0 spiro atoms. The number of esters is 2. The van der Waals surface area contributed by atoms with Gasteiger partial charge in [0.25, 0.3) is 0 Å². The number of ketones is 1. The van der Waals surface area contributed by atoms with Crippen LogP contribution in [0.5, 0.6) is 0 Å². The number of allylic oxidation sites excluding steroid dienone is 1.